The van der Waals surface area contributed by atoms with Crippen LogP contribution in [0.25, 0.3) is 0 Å². The first-order chi connectivity index (χ1) is 13.2. The summed E-state index contributed by atoms with van der Waals surface area (Å²) in [5.41, 5.74) is 0.584. The van der Waals surface area contributed by atoms with Crippen LogP contribution in [0.15, 0.2) is 24.5 Å². The van der Waals surface area contributed by atoms with Crippen LogP contribution in [0.1, 0.15) is 114 Å². The van der Waals surface area contributed by atoms with E-state index >= 15 is 0 Å². The number of esters is 1. The summed E-state index contributed by atoms with van der Waals surface area (Å²) in [6.07, 6.45) is 22.0. The molecule has 3 heteroatoms. The summed E-state index contributed by atoms with van der Waals surface area (Å²) in [5, 5.41) is 0. The first-order valence-electron chi connectivity index (χ1n) is 11.3. The zero-order valence-corrected chi connectivity index (χ0v) is 17.8. The van der Waals surface area contributed by atoms with Crippen molar-refractivity contribution in [2.24, 2.45) is 5.92 Å². The van der Waals surface area contributed by atoms with Crippen molar-refractivity contribution in [1.29, 1.82) is 0 Å². The largest absolute Gasteiger partial charge is 0.462 e. The highest BCUT2D eigenvalue weighted by Gasteiger charge is 2.05. The summed E-state index contributed by atoms with van der Waals surface area (Å²) >= 11 is 0. The number of nitrogens with zero attached hydrogens (tertiary/aromatic N) is 1. The predicted octanol–water partition coefficient (Wildman–Crippen LogP) is 7.36. The van der Waals surface area contributed by atoms with Crippen molar-refractivity contribution in [1.82, 2.24) is 4.98 Å². The number of ether oxygens (including phenoxy) is 1. The Labute approximate surface area is 167 Å². The second-order valence-electron chi connectivity index (χ2n) is 8.15. The molecule has 0 saturated heterocycles. The summed E-state index contributed by atoms with van der Waals surface area (Å²) in [6, 6.07) is 3.38. The molecule has 0 amide bonds. The minimum Gasteiger partial charge on any atom is -0.462 e. The molecule has 1 aromatic heterocycles. The average Bonchev–Trinajstić information content (AvgIpc) is 2.68. The molecule has 0 aliphatic heterocycles. The minimum atomic E-state index is -0.239. The lowest BCUT2D eigenvalue weighted by molar-refractivity contribution is 0.0497. The molecule has 0 aliphatic rings. The Morgan fingerprint density at radius 2 is 1.22 bits per heavy atom. The van der Waals surface area contributed by atoms with Crippen LogP contribution < -0.4 is 0 Å². The van der Waals surface area contributed by atoms with Gasteiger partial charge in [-0.1, -0.05) is 97.3 Å². The molecule has 1 heterocycles. The molecule has 0 unspecified atom stereocenters. The molecule has 3 nitrogen and oxygen atoms in total. The molecule has 27 heavy (non-hydrogen) atoms. The first kappa shape index (κ1) is 23.7. The van der Waals surface area contributed by atoms with Gasteiger partial charge in [0.2, 0.25) is 0 Å². The van der Waals surface area contributed by atoms with E-state index in [1.54, 1.807) is 24.5 Å². The first-order valence-corrected chi connectivity index (χ1v) is 11.3. The highest BCUT2D eigenvalue weighted by atomic mass is 16.5. The zero-order valence-electron chi connectivity index (χ0n) is 17.8. The van der Waals surface area contributed by atoms with E-state index in [4.69, 9.17) is 4.74 Å². The lowest BCUT2D eigenvalue weighted by Gasteiger charge is -2.05. The average molecular weight is 376 g/mol. The molecule has 0 fully saturated rings. The number of carbonyl (C=O) groups is 1. The third-order valence-corrected chi connectivity index (χ3v) is 5.07. The maximum absolute atomic E-state index is 11.8. The Morgan fingerprint density at radius 1 is 0.778 bits per heavy atom. The van der Waals surface area contributed by atoms with Gasteiger partial charge in [-0.15, -0.1) is 0 Å². The number of hydrogen-bond acceptors (Lipinski definition) is 3. The standard InChI is InChI=1S/C24H41NO2/c1-22(2)16-14-12-10-8-6-4-3-5-7-9-11-13-15-21-27-24(26)23-17-19-25-20-18-23/h17-20,22H,3-16,21H2,1-2H3. The molecule has 0 spiro atoms. The Kier molecular flexibility index (Phi) is 14.7. The Bertz CT molecular complexity index is 459. The monoisotopic (exact) mass is 375 g/mol. The maximum Gasteiger partial charge on any atom is 0.338 e. The van der Waals surface area contributed by atoms with Crippen LogP contribution in [0.3, 0.4) is 0 Å². The minimum absolute atomic E-state index is 0.239. The summed E-state index contributed by atoms with van der Waals surface area (Å²) in [6.45, 7) is 5.16. The smallest absolute Gasteiger partial charge is 0.338 e. The van der Waals surface area contributed by atoms with Gasteiger partial charge in [-0.3, -0.25) is 4.98 Å². The van der Waals surface area contributed by atoms with E-state index in [0.29, 0.717) is 12.2 Å². The lowest BCUT2D eigenvalue weighted by atomic mass is 10.0. The van der Waals surface area contributed by atoms with E-state index < -0.39 is 0 Å². The molecule has 1 rings (SSSR count). The summed E-state index contributed by atoms with van der Waals surface area (Å²) < 4.78 is 5.28. The van der Waals surface area contributed by atoms with Crippen LogP contribution in [0.4, 0.5) is 0 Å². The van der Waals surface area contributed by atoms with Crippen molar-refractivity contribution in [3.05, 3.63) is 30.1 Å². The fourth-order valence-electron chi connectivity index (χ4n) is 3.34. The van der Waals surface area contributed by atoms with Gasteiger partial charge >= 0.3 is 5.97 Å². The molecule has 0 atom stereocenters. The van der Waals surface area contributed by atoms with Crippen molar-refractivity contribution < 1.29 is 9.53 Å². The van der Waals surface area contributed by atoms with E-state index in [9.17, 15) is 4.79 Å². The lowest BCUT2D eigenvalue weighted by Crippen LogP contribution is -2.06. The van der Waals surface area contributed by atoms with Crippen molar-refractivity contribution in [2.75, 3.05) is 6.61 Å². The van der Waals surface area contributed by atoms with E-state index in [-0.39, 0.29) is 5.97 Å². The summed E-state index contributed by atoms with van der Waals surface area (Å²) in [5.74, 6) is 0.629. The molecular weight excluding hydrogens is 334 g/mol. The molecule has 0 bridgehead atoms. The third kappa shape index (κ3) is 14.4. The molecule has 154 valence electrons. The molecule has 0 N–H and O–H groups in total. The van der Waals surface area contributed by atoms with Crippen LogP contribution in [0, 0.1) is 5.92 Å². The summed E-state index contributed by atoms with van der Waals surface area (Å²) in [7, 11) is 0. The van der Waals surface area contributed by atoms with Crippen molar-refractivity contribution in [3.8, 4) is 0 Å². The van der Waals surface area contributed by atoms with Crippen molar-refractivity contribution in [3.63, 3.8) is 0 Å². The van der Waals surface area contributed by atoms with Gasteiger partial charge in [0.25, 0.3) is 0 Å². The topological polar surface area (TPSA) is 39.2 Å². The van der Waals surface area contributed by atoms with E-state index in [1.807, 2.05) is 0 Å². The van der Waals surface area contributed by atoms with Crippen molar-refractivity contribution >= 4 is 5.97 Å². The number of aromatic nitrogens is 1. The Hall–Kier alpha value is -1.38. The van der Waals surface area contributed by atoms with Crippen LogP contribution in [0.2, 0.25) is 0 Å². The highest BCUT2D eigenvalue weighted by molar-refractivity contribution is 5.89. The predicted molar refractivity (Wildman–Crippen MR) is 114 cm³/mol. The van der Waals surface area contributed by atoms with Crippen LogP contribution in [0.5, 0.6) is 0 Å². The van der Waals surface area contributed by atoms with Gasteiger partial charge in [0.1, 0.15) is 0 Å². The fourth-order valence-corrected chi connectivity index (χ4v) is 3.34. The molecule has 0 aliphatic carbocycles. The number of pyridine rings is 1. The molecule has 0 aromatic carbocycles. The molecule has 1 aromatic rings. The molecule has 0 radical (unpaired) electrons. The number of unbranched alkanes of at least 4 members (excludes halogenated alkanes) is 12. The van der Waals surface area contributed by atoms with E-state index in [0.717, 1.165) is 18.8 Å². The maximum atomic E-state index is 11.8. The number of hydrogen-bond donors (Lipinski definition) is 0. The van der Waals surface area contributed by atoms with Gasteiger partial charge in [-0.05, 0) is 24.5 Å². The van der Waals surface area contributed by atoms with Crippen molar-refractivity contribution in [2.45, 2.75) is 104 Å². The third-order valence-electron chi connectivity index (χ3n) is 5.07. The van der Waals surface area contributed by atoms with E-state index in [2.05, 4.69) is 18.8 Å². The second kappa shape index (κ2) is 16.8. The van der Waals surface area contributed by atoms with Crippen LogP contribution in [-0.2, 0) is 4.74 Å². The Balaban J connectivity index is 1.76. The highest BCUT2D eigenvalue weighted by Crippen LogP contribution is 2.14. The number of carbonyl (C=O) groups excluding carboxylic acids is 1. The zero-order chi connectivity index (χ0) is 19.6. The van der Waals surface area contributed by atoms with Crippen LogP contribution in [-0.4, -0.2) is 17.6 Å². The summed E-state index contributed by atoms with van der Waals surface area (Å²) in [4.78, 5) is 15.7. The molecule has 0 saturated carbocycles. The normalized spacial score (nSPS) is 11.1. The Morgan fingerprint density at radius 3 is 1.70 bits per heavy atom. The second-order valence-corrected chi connectivity index (χ2v) is 8.15. The van der Waals surface area contributed by atoms with Crippen LogP contribution >= 0.6 is 0 Å². The van der Waals surface area contributed by atoms with Gasteiger partial charge in [0.15, 0.2) is 0 Å². The van der Waals surface area contributed by atoms with Gasteiger partial charge < -0.3 is 4.74 Å². The number of rotatable bonds is 17. The van der Waals surface area contributed by atoms with Gasteiger partial charge in [0, 0.05) is 12.4 Å². The van der Waals surface area contributed by atoms with Gasteiger partial charge in [-0.2, -0.15) is 0 Å². The quantitative estimate of drug-likeness (QED) is 0.211. The SMILES string of the molecule is CC(C)CCCCCCCCCCCCCCCOC(=O)c1ccncc1. The van der Waals surface area contributed by atoms with Gasteiger partial charge in [0.05, 0.1) is 12.2 Å². The molecular formula is C24H41NO2. The van der Waals surface area contributed by atoms with Gasteiger partial charge in [-0.25, -0.2) is 4.79 Å². The van der Waals surface area contributed by atoms with E-state index in [1.165, 1.54) is 77.0 Å². The fraction of sp³-hybridized carbons (Fsp3) is 0.750.